The second-order valence-corrected chi connectivity index (χ2v) is 5.74. The minimum atomic E-state index is -0.879. The lowest BCUT2D eigenvalue weighted by molar-refractivity contribution is -0.139. The summed E-state index contributed by atoms with van der Waals surface area (Å²) in [6, 6.07) is 8.38. The highest BCUT2D eigenvalue weighted by atomic mass is 32.1. The number of aliphatic carboxylic acids is 1. The van der Waals surface area contributed by atoms with Crippen LogP contribution in [0, 0.1) is 0 Å². The number of benzene rings is 1. The summed E-state index contributed by atoms with van der Waals surface area (Å²) in [6.45, 7) is 4.02. The highest BCUT2D eigenvalue weighted by molar-refractivity contribution is 7.11. The molecule has 4 nitrogen and oxygen atoms in total. The van der Waals surface area contributed by atoms with E-state index in [4.69, 9.17) is 0 Å². The number of hydrogen-bond acceptors (Lipinski definition) is 4. The first-order valence-corrected chi connectivity index (χ1v) is 7.42. The van der Waals surface area contributed by atoms with E-state index in [-0.39, 0.29) is 6.04 Å². The summed E-state index contributed by atoms with van der Waals surface area (Å²) in [4.78, 5) is 17.0. The highest BCUT2D eigenvalue weighted by Crippen LogP contribution is 2.23. The molecule has 1 aromatic carbocycles. The standard InChI is InChI=1S/C15H18N2O2S/c1-3-12-9-16-14(20-12)10(2)17-13(15(18)19)11-7-5-4-6-8-11/h4-10,13,17H,3H2,1-2H3,(H,18,19). The predicted octanol–water partition coefficient (Wildman–Crippen LogP) is 3.18. The maximum Gasteiger partial charge on any atom is 0.325 e. The van der Waals surface area contributed by atoms with E-state index in [1.807, 2.05) is 43.5 Å². The summed E-state index contributed by atoms with van der Waals surface area (Å²) >= 11 is 1.62. The van der Waals surface area contributed by atoms with E-state index in [9.17, 15) is 9.90 Å². The van der Waals surface area contributed by atoms with Crippen molar-refractivity contribution in [2.45, 2.75) is 32.4 Å². The first kappa shape index (κ1) is 14.7. The zero-order valence-corrected chi connectivity index (χ0v) is 12.4. The van der Waals surface area contributed by atoms with E-state index < -0.39 is 12.0 Å². The van der Waals surface area contributed by atoms with Gasteiger partial charge >= 0.3 is 5.97 Å². The molecule has 0 aliphatic rings. The molecule has 0 saturated carbocycles. The summed E-state index contributed by atoms with van der Waals surface area (Å²) in [5, 5.41) is 13.4. The van der Waals surface area contributed by atoms with Gasteiger partial charge in [-0.3, -0.25) is 10.1 Å². The molecule has 0 radical (unpaired) electrons. The van der Waals surface area contributed by atoms with E-state index in [2.05, 4.69) is 17.2 Å². The summed E-state index contributed by atoms with van der Waals surface area (Å²) in [7, 11) is 0. The van der Waals surface area contributed by atoms with Gasteiger partial charge in [-0.25, -0.2) is 4.98 Å². The van der Waals surface area contributed by atoms with Crippen molar-refractivity contribution in [1.29, 1.82) is 0 Å². The molecule has 0 aliphatic carbocycles. The number of carboxylic acids is 1. The summed E-state index contributed by atoms with van der Waals surface area (Å²) in [5.74, 6) is -0.879. The van der Waals surface area contributed by atoms with Crippen molar-refractivity contribution in [2.75, 3.05) is 0 Å². The molecule has 5 heteroatoms. The number of thiazole rings is 1. The first-order chi connectivity index (χ1) is 9.61. The minimum absolute atomic E-state index is 0.0957. The Hall–Kier alpha value is -1.72. The quantitative estimate of drug-likeness (QED) is 0.857. The molecule has 2 aromatic rings. The molecule has 0 fully saturated rings. The van der Waals surface area contributed by atoms with Crippen LogP contribution in [0.2, 0.25) is 0 Å². The number of aryl methyl sites for hydroxylation is 1. The second-order valence-electron chi connectivity index (χ2n) is 4.59. The van der Waals surface area contributed by atoms with E-state index in [0.29, 0.717) is 0 Å². The van der Waals surface area contributed by atoms with Crippen LogP contribution >= 0.6 is 11.3 Å². The van der Waals surface area contributed by atoms with Crippen molar-refractivity contribution in [3.05, 3.63) is 52.0 Å². The fraction of sp³-hybridized carbons (Fsp3) is 0.333. The number of aromatic nitrogens is 1. The van der Waals surface area contributed by atoms with E-state index >= 15 is 0 Å². The van der Waals surface area contributed by atoms with Crippen LogP contribution in [0.3, 0.4) is 0 Å². The van der Waals surface area contributed by atoms with Crippen molar-refractivity contribution in [2.24, 2.45) is 0 Å². The second kappa shape index (κ2) is 6.63. The molecule has 0 saturated heterocycles. The third kappa shape index (κ3) is 3.43. The van der Waals surface area contributed by atoms with Gasteiger partial charge in [0.05, 0.1) is 6.04 Å². The van der Waals surface area contributed by atoms with E-state index in [1.165, 1.54) is 4.88 Å². The number of carbonyl (C=O) groups is 1. The average Bonchev–Trinajstić information content (AvgIpc) is 2.94. The Kier molecular flexibility index (Phi) is 4.87. The van der Waals surface area contributed by atoms with Gasteiger partial charge in [-0.1, -0.05) is 37.3 Å². The fourth-order valence-corrected chi connectivity index (χ4v) is 2.83. The summed E-state index contributed by atoms with van der Waals surface area (Å²) in [6.07, 6.45) is 2.81. The predicted molar refractivity (Wildman–Crippen MR) is 79.9 cm³/mol. The molecule has 2 rings (SSSR count). The van der Waals surface area contributed by atoms with Crippen molar-refractivity contribution in [3.63, 3.8) is 0 Å². The van der Waals surface area contributed by atoms with Crippen molar-refractivity contribution in [3.8, 4) is 0 Å². The van der Waals surface area contributed by atoms with Crippen LogP contribution in [0.25, 0.3) is 0 Å². The third-order valence-electron chi connectivity index (χ3n) is 3.09. The normalized spacial score (nSPS) is 13.9. The minimum Gasteiger partial charge on any atom is -0.480 e. The topological polar surface area (TPSA) is 62.2 Å². The Bertz CT molecular complexity index is 568. The molecule has 0 amide bonds. The van der Waals surface area contributed by atoms with Gasteiger partial charge in [0, 0.05) is 11.1 Å². The Balaban J connectivity index is 2.14. The zero-order chi connectivity index (χ0) is 14.5. The molecule has 1 heterocycles. The number of rotatable bonds is 6. The lowest BCUT2D eigenvalue weighted by Crippen LogP contribution is -2.30. The molecule has 2 unspecified atom stereocenters. The number of carboxylic acid groups (broad SMARTS) is 1. The molecule has 0 bridgehead atoms. The SMILES string of the molecule is CCc1cnc(C(C)NC(C(=O)O)c2ccccc2)s1. The molecule has 2 atom stereocenters. The van der Waals surface area contributed by atoms with Crippen LogP contribution in [0.5, 0.6) is 0 Å². The van der Waals surface area contributed by atoms with Crippen molar-refractivity contribution >= 4 is 17.3 Å². The van der Waals surface area contributed by atoms with Gasteiger partial charge < -0.3 is 5.11 Å². The van der Waals surface area contributed by atoms with Crippen molar-refractivity contribution < 1.29 is 9.90 Å². The molecular formula is C15H18N2O2S. The lowest BCUT2D eigenvalue weighted by atomic mass is 10.1. The molecule has 1 aromatic heterocycles. The molecular weight excluding hydrogens is 272 g/mol. The van der Waals surface area contributed by atoms with Crippen LogP contribution in [0.15, 0.2) is 36.5 Å². The van der Waals surface area contributed by atoms with Gasteiger partial charge in [-0.15, -0.1) is 11.3 Å². The van der Waals surface area contributed by atoms with Crippen LogP contribution in [-0.4, -0.2) is 16.1 Å². The first-order valence-electron chi connectivity index (χ1n) is 6.60. The van der Waals surface area contributed by atoms with Gasteiger partial charge in [-0.2, -0.15) is 0 Å². The molecule has 20 heavy (non-hydrogen) atoms. The van der Waals surface area contributed by atoms with E-state index in [0.717, 1.165) is 17.0 Å². The van der Waals surface area contributed by atoms with Crippen LogP contribution in [0.1, 0.15) is 41.4 Å². The Labute approximate surface area is 122 Å². The summed E-state index contributed by atoms with van der Waals surface area (Å²) < 4.78 is 0. The average molecular weight is 290 g/mol. The fourth-order valence-electron chi connectivity index (χ4n) is 1.96. The Morgan fingerprint density at radius 2 is 2.10 bits per heavy atom. The number of nitrogens with one attached hydrogen (secondary N) is 1. The Morgan fingerprint density at radius 3 is 2.65 bits per heavy atom. The molecule has 0 aliphatic heterocycles. The number of hydrogen-bond donors (Lipinski definition) is 2. The molecule has 106 valence electrons. The monoisotopic (exact) mass is 290 g/mol. The maximum absolute atomic E-state index is 11.4. The van der Waals surface area contributed by atoms with Crippen molar-refractivity contribution in [1.82, 2.24) is 10.3 Å². The van der Waals surface area contributed by atoms with E-state index in [1.54, 1.807) is 11.3 Å². The third-order valence-corrected chi connectivity index (χ3v) is 4.41. The van der Waals surface area contributed by atoms with Gasteiger partial charge in [0.1, 0.15) is 11.0 Å². The molecule has 2 N–H and O–H groups in total. The highest BCUT2D eigenvalue weighted by Gasteiger charge is 2.23. The van der Waals surface area contributed by atoms with Crippen LogP contribution < -0.4 is 5.32 Å². The van der Waals surface area contributed by atoms with Gasteiger partial charge in [-0.05, 0) is 18.9 Å². The largest absolute Gasteiger partial charge is 0.480 e. The smallest absolute Gasteiger partial charge is 0.325 e. The Morgan fingerprint density at radius 1 is 1.40 bits per heavy atom. The van der Waals surface area contributed by atoms with Crippen LogP contribution in [-0.2, 0) is 11.2 Å². The number of nitrogens with zero attached hydrogens (tertiary/aromatic N) is 1. The lowest BCUT2D eigenvalue weighted by Gasteiger charge is -2.19. The van der Waals surface area contributed by atoms with Gasteiger partial charge in [0.2, 0.25) is 0 Å². The summed E-state index contributed by atoms with van der Waals surface area (Å²) in [5.41, 5.74) is 0.749. The molecule has 0 spiro atoms. The van der Waals surface area contributed by atoms with Crippen LogP contribution in [0.4, 0.5) is 0 Å². The maximum atomic E-state index is 11.4. The zero-order valence-electron chi connectivity index (χ0n) is 11.5. The van der Waals surface area contributed by atoms with Gasteiger partial charge in [0.15, 0.2) is 0 Å². The van der Waals surface area contributed by atoms with Gasteiger partial charge in [0.25, 0.3) is 0 Å².